The van der Waals surface area contributed by atoms with E-state index in [2.05, 4.69) is 14.9 Å². The topological polar surface area (TPSA) is 65.4 Å². The second kappa shape index (κ2) is 7.25. The Bertz CT molecular complexity index is 902. The van der Waals surface area contributed by atoms with Gasteiger partial charge < -0.3 is 19.4 Å². The summed E-state index contributed by atoms with van der Waals surface area (Å²) in [5, 5.41) is 2.93. The molecule has 25 heavy (non-hydrogen) atoms. The minimum atomic E-state index is -0.179. The van der Waals surface area contributed by atoms with Gasteiger partial charge in [0.2, 0.25) is 0 Å². The van der Waals surface area contributed by atoms with Crippen LogP contribution >= 0.6 is 0 Å². The van der Waals surface area contributed by atoms with Gasteiger partial charge in [0.25, 0.3) is 5.91 Å². The number of fused-ring (bicyclic) bond motifs is 1. The summed E-state index contributed by atoms with van der Waals surface area (Å²) in [5.74, 6) is 1.88. The maximum atomic E-state index is 12.4. The lowest BCUT2D eigenvalue weighted by Gasteiger charge is -2.12. The monoisotopic (exact) mass is 339 g/mol. The van der Waals surface area contributed by atoms with E-state index in [9.17, 15) is 4.79 Å². The van der Waals surface area contributed by atoms with Gasteiger partial charge in [-0.3, -0.25) is 4.79 Å². The van der Waals surface area contributed by atoms with Crippen molar-refractivity contribution in [2.45, 2.75) is 13.5 Å². The third kappa shape index (κ3) is 3.42. The standard InChI is InChI=1S/C19H21N3O3/c1-13-21-16-6-4-5-7-17(16)22(13)11-10-20-19(23)15-9-8-14(24-2)12-18(15)25-3/h4-9,12H,10-11H2,1-3H3,(H,20,23). The first-order chi connectivity index (χ1) is 12.1. The summed E-state index contributed by atoms with van der Waals surface area (Å²) in [4.78, 5) is 17.0. The first-order valence-corrected chi connectivity index (χ1v) is 8.06. The molecule has 1 aromatic heterocycles. The summed E-state index contributed by atoms with van der Waals surface area (Å²) < 4.78 is 12.5. The van der Waals surface area contributed by atoms with E-state index in [1.54, 1.807) is 25.3 Å². The lowest BCUT2D eigenvalue weighted by atomic mass is 10.1. The smallest absolute Gasteiger partial charge is 0.255 e. The molecular weight excluding hydrogens is 318 g/mol. The number of benzene rings is 2. The third-order valence-electron chi connectivity index (χ3n) is 4.12. The van der Waals surface area contributed by atoms with Crippen LogP contribution in [0.15, 0.2) is 42.5 Å². The first kappa shape index (κ1) is 16.8. The van der Waals surface area contributed by atoms with Crippen LogP contribution in [0, 0.1) is 6.92 Å². The molecule has 0 bridgehead atoms. The van der Waals surface area contributed by atoms with Crippen molar-refractivity contribution in [3.8, 4) is 11.5 Å². The number of nitrogens with zero attached hydrogens (tertiary/aromatic N) is 2. The number of carbonyl (C=O) groups excluding carboxylic acids is 1. The first-order valence-electron chi connectivity index (χ1n) is 8.06. The number of amides is 1. The van der Waals surface area contributed by atoms with Crippen LogP contribution in [-0.2, 0) is 6.54 Å². The number of methoxy groups -OCH3 is 2. The maximum absolute atomic E-state index is 12.4. The Morgan fingerprint density at radius 2 is 1.96 bits per heavy atom. The molecule has 0 aliphatic rings. The molecule has 0 atom stereocenters. The summed E-state index contributed by atoms with van der Waals surface area (Å²) in [5.41, 5.74) is 2.51. The normalized spacial score (nSPS) is 10.7. The van der Waals surface area contributed by atoms with Crippen molar-refractivity contribution in [3.05, 3.63) is 53.9 Å². The molecule has 130 valence electrons. The predicted octanol–water partition coefficient (Wildman–Crippen LogP) is 2.79. The molecule has 0 fully saturated rings. The van der Waals surface area contributed by atoms with Gasteiger partial charge in [0.1, 0.15) is 17.3 Å². The highest BCUT2D eigenvalue weighted by molar-refractivity contribution is 5.97. The number of hydrogen-bond acceptors (Lipinski definition) is 4. The molecule has 3 aromatic rings. The van der Waals surface area contributed by atoms with E-state index in [1.165, 1.54) is 7.11 Å². The third-order valence-corrected chi connectivity index (χ3v) is 4.12. The molecule has 0 aliphatic heterocycles. The molecule has 0 saturated carbocycles. The van der Waals surface area contributed by atoms with Gasteiger partial charge in [0.15, 0.2) is 0 Å². The van der Waals surface area contributed by atoms with E-state index in [0.717, 1.165) is 16.9 Å². The minimum absolute atomic E-state index is 0.179. The number of para-hydroxylation sites is 2. The van der Waals surface area contributed by atoms with Crippen molar-refractivity contribution in [1.29, 1.82) is 0 Å². The zero-order valence-corrected chi connectivity index (χ0v) is 14.6. The average Bonchev–Trinajstić information content (AvgIpc) is 2.96. The summed E-state index contributed by atoms with van der Waals surface area (Å²) in [6.45, 7) is 3.11. The summed E-state index contributed by atoms with van der Waals surface area (Å²) in [7, 11) is 3.11. The molecule has 1 heterocycles. The molecule has 6 nitrogen and oxygen atoms in total. The van der Waals surface area contributed by atoms with Crippen LogP contribution in [0.25, 0.3) is 11.0 Å². The van der Waals surface area contributed by atoms with Crippen LogP contribution < -0.4 is 14.8 Å². The van der Waals surface area contributed by atoms with Gasteiger partial charge in [0.05, 0.1) is 30.8 Å². The Morgan fingerprint density at radius 3 is 2.72 bits per heavy atom. The Labute approximate surface area is 146 Å². The van der Waals surface area contributed by atoms with Crippen molar-refractivity contribution in [1.82, 2.24) is 14.9 Å². The second-order valence-electron chi connectivity index (χ2n) is 5.62. The number of imidazole rings is 1. The van der Waals surface area contributed by atoms with Crippen molar-refractivity contribution in [2.24, 2.45) is 0 Å². The molecule has 2 aromatic carbocycles. The molecular formula is C19H21N3O3. The van der Waals surface area contributed by atoms with Crippen LogP contribution in [0.1, 0.15) is 16.2 Å². The SMILES string of the molecule is COc1ccc(C(=O)NCCn2c(C)nc3ccccc32)c(OC)c1. The number of carbonyl (C=O) groups is 1. The number of nitrogens with one attached hydrogen (secondary N) is 1. The molecule has 1 N–H and O–H groups in total. The lowest BCUT2D eigenvalue weighted by Crippen LogP contribution is -2.27. The fourth-order valence-corrected chi connectivity index (χ4v) is 2.84. The molecule has 0 spiro atoms. The number of aromatic nitrogens is 2. The van der Waals surface area contributed by atoms with E-state index in [4.69, 9.17) is 9.47 Å². The van der Waals surface area contributed by atoms with Gasteiger partial charge in [-0.15, -0.1) is 0 Å². The second-order valence-corrected chi connectivity index (χ2v) is 5.62. The van der Waals surface area contributed by atoms with Crippen molar-refractivity contribution < 1.29 is 14.3 Å². The quantitative estimate of drug-likeness (QED) is 0.750. The average molecular weight is 339 g/mol. The van der Waals surface area contributed by atoms with Crippen LogP contribution in [0.3, 0.4) is 0 Å². The minimum Gasteiger partial charge on any atom is -0.497 e. The van der Waals surface area contributed by atoms with Gasteiger partial charge in [-0.1, -0.05) is 12.1 Å². The number of rotatable bonds is 6. The number of ether oxygens (including phenoxy) is 2. The van der Waals surface area contributed by atoms with Gasteiger partial charge in [-0.05, 0) is 31.2 Å². The highest BCUT2D eigenvalue weighted by Crippen LogP contribution is 2.24. The Balaban J connectivity index is 1.69. The molecule has 0 saturated heterocycles. The molecule has 0 aliphatic carbocycles. The van der Waals surface area contributed by atoms with Crippen LogP contribution in [0.5, 0.6) is 11.5 Å². The molecule has 0 radical (unpaired) electrons. The lowest BCUT2D eigenvalue weighted by molar-refractivity contribution is 0.0949. The Kier molecular flexibility index (Phi) is 4.88. The summed E-state index contributed by atoms with van der Waals surface area (Å²) in [6, 6.07) is 13.1. The van der Waals surface area contributed by atoms with Gasteiger partial charge in [0, 0.05) is 19.2 Å². The van der Waals surface area contributed by atoms with E-state index in [0.29, 0.717) is 30.2 Å². The zero-order chi connectivity index (χ0) is 17.8. The highest BCUT2D eigenvalue weighted by Gasteiger charge is 2.13. The van der Waals surface area contributed by atoms with E-state index in [1.807, 2.05) is 31.2 Å². The predicted molar refractivity (Wildman–Crippen MR) is 96.3 cm³/mol. The van der Waals surface area contributed by atoms with Crippen molar-refractivity contribution >= 4 is 16.9 Å². The van der Waals surface area contributed by atoms with Gasteiger partial charge >= 0.3 is 0 Å². The van der Waals surface area contributed by atoms with E-state index < -0.39 is 0 Å². The fourth-order valence-electron chi connectivity index (χ4n) is 2.84. The largest absolute Gasteiger partial charge is 0.497 e. The summed E-state index contributed by atoms with van der Waals surface area (Å²) >= 11 is 0. The number of hydrogen-bond donors (Lipinski definition) is 1. The van der Waals surface area contributed by atoms with E-state index >= 15 is 0 Å². The Morgan fingerprint density at radius 1 is 1.16 bits per heavy atom. The number of aryl methyl sites for hydroxylation is 1. The maximum Gasteiger partial charge on any atom is 0.255 e. The van der Waals surface area contributed by atoms with Crippen LogP contribution in [0.2, 0.25) is 0 Å². The Hall–Kier alpha value is -3.02. The van der Waals surface area contributed by atoms with Gasteiger partial charge in [-0.25, -0.2) is 4.98 Å². The van der Waals surface area contributed by atoms with E-state index in [-0.39, 0.29) is 5.91 Å². The van der Waals surface area contributed by atoms with Crippen molar-refractivity contribution in [3.63, 3.8) is 0 Å². The van der Waals surface area contributed by atoms with Crippen LogP contribution in [0.4, 0.5) is 0 Å². The zero-order valence-electron chi connectivity index (χ0n) is 14.6. The molecule has 3 rings (SSSR count). The summed E-state index contributed by atoms with van der Waals surface area (Å²) in [6.07, 6.45) is 0. The van der Waals surface area contributed by atoms with Crippen LogP contribution in [-0.4, -0.2) is 36.2 Å². The molecule has 1 amide bonds. The molecule has 0 unspecified atom stereocenters. The fraction of sp³-hybridized carbons (Fsp3) is 0.263. The highest BCUT2D eigenvalue weighted by atomic mass is 16.5. The molecule has 6 heteroatoms. The van der Waals surface area contributed by atoms with Crippen molar-refractivity contribution in [2.75, 3.05) is 20.8 Å². The van der Waals surface area contributed by atoms with Gasteiger partial charge in [-0.2, -0.15) is 0 Å².